The molecule has 5 nitrogen and oxygen atoms in total. The number of nitrogens with zero attached hydrogens (tertiary/aromatic N) is 2. The van der Waals surface area contributed by atoms with Crippen LogP contribution in [-0.4, -0.2) is 22.0 Å². The summed E-state index contributed by atoms with van der Waals surface area (Å²) in [5.74, 6) is 2.53. The van der Waals surface area contributed by atoms with E-state index in [9.17, 15) is 0 Å². The summed E-state index contributed by atoms with van der Waals surface area (Å²) in [7, 11) is 1.60. The maximum Gasteiger partial charge on any atom is 0.260 e. The Morgan fingerprint density at radius 3 is 2.70 bits per heavy atom. The highest BCUT2D eigenvalue weighted by atomic mass is 32.2. The molecule has 0 unspecified atom stereocenters. The van der Waals surface area contributed by atoms with Crippen LogP contribution in [0.15, 0.2) is 22.7 Å². The third-order valence-corrected chi connectivity index (χ3v) is 3.86. The normalized spacial score (nSPS) is 11.6. The predicted molar refractivity (Wildman–Crippen MR) is 81.7 cm³/mol. The van der Waals surface area contributed by atoms with Crippen molar-refractivity contribution in [3.63, 3.8) is 0 Å². The van der Waals surface area contributed by atoms with E-state index >= 15 is 0 Å². The van der Waals surface area contributed by atoms with Crippen LogP contribution in [0.2, 0.25) is 0 Å². The second-order valence-electron chi connectivity index (χ2n) is 5.37. The summed E-state index contributed by atoms with van der Waals surface area (Å²) in [6, 6.07) is 5.38. The van der Waals surface area contributed by atoms with E-state index in [0.717, 1.165) is 5.56 Å². The fourth-order valence-corrected chi connectivity index (χ4v) is 2.24. The van der Waals surface area contributed by atoms with Gasteiger partial charge in [0.05, 0.1) is 18.4 Å². The van der Waals surface area contributed by atoms with Gasteiger partial charge in [-0.15, -0.1) is 11.8 Å². The molecule has 1 aromatic carbocycles. The first-order chi connectivity index (χ1) is 9.39. The maximum atomic E-state index is 5.97. The van der Waals surface area contributed by atoms with E-state index in [1.807, 2.05) is 12.1 Å². The van der Waals surface area contributed by atoms with Gasteiger partial charge in [0, 0.05) is 16.5 Å². The second kappa shape index (κ2) is 5.75. The number of thioether (sulfide) groups is 1. The average molecular weight is 293 g/mol. The Hall–Kier alpha value is -1.69. The van der Waals surface area contributed by atoms with Crippen LogP contribution < -0.4 is 10.5 Å². The standard InChI is InChI=1S/C14H19N3O2S/c1-14(2,3)20-8-12-16-13(19-17-12)10-6-5-9(18-4)7-11(10)15/h5-7H,8,15H2,1-4H3. The van der Waals surface area contributed by atoms with Crippen LogP contribution >= 0.6 is 11.8 Å². The highest BCUT2D eigenvalue weighted by molar-refractivity contribution is 7.99. The summed E-state index contributed by atoms with van der Waals surface area (Å²) in [5, 5.41) is 3.99. The van der Waals surface area contributed by atoms with Gasteiger partial charge in [0.15, 0.2) is 5.82 Å². The van der Waals surface area contributed by atoms with E-state index in [0.29, 0.717) is 28.9 Å². The molecule has 0 saturated carbocycles. The molecule has 0 radical (unpaired) electrons. The third kappa shape index (κ3) is 3.66. The minimum absolute atomic E-state index is 0.167. The summed E-state index contributed by atoms with van der Waals surface area (Å²) < 4.78 is 10.6. The van der Waals surface area contributed by atoms with Crippen molar-refractivity contribution in [2.75, 3.05) is 12.8 Å². The Morgan fingerprint density at radius 2 is 2.10 bits per heavy atom. The largest absolute Gasteiger partial charge is 0.497 e. The minimum atomic E-state index is 0.167. The fourth-order valence-electron chi connectivity index (χ4n) is 1.57. The molecule has 1 aromatic heterocycles. The first kappa shape index (κ1) is 14.7. The molecule has 0 spiro atoms. The van der Waals surface area contributed by atoms with Gasteiger partial charge in [-0.2, -0.15) is 4.98 Å². The molecule has 0 aliphatic rings. The van der Waals surface area contributed by atoms with Crippen molar-refractivity contribution in [2.45, 2.75) is 31.3 Å². The fraction of sp³-hybridized carbons (Fsp3) is 0.429. The van der Waals surface area contributed by atoms with Crippen molar-refractivity contribution in [3.05, 3.63) is 24.0 Å². The summed E-state index contributed by atoms with van der Waals surface area (Å²) in [6.07, 6.45) is 0. The number of hydrogen-bond donors (Lipinski definition) is 1. The van der Waals surface area contributed by atoms with Crippen LogP contribution in [-0.2, 0) is 5.75 Å². The van der Waals surface area contributed by atoms with Gasteiger partial charge in [-0.1, -0.05) is 25.9 Å². The summed E-state index contributed by atoms with van der Waals surface area (Å²) in [4.78, 5) is 4.38. The molecule has 2 N–H and O–H groups in total. The molecular weight excluding hydrogens is 274 g/mol. The second-order valence-corrected chi connectivity index (χ2v) is 7.17. The average Bonchev–Trinajstić information content (AvgIpc) is 2.84. The first-order valence-corrected chi connectivity index (χ1v) is 7.28. The van der Waals surface area contributed by atoms with Crippen molar-refractivity contribution in [3.8, 4) is 17.2 Å². The third-order valence-electron chi connectivity index (χ3n) is 2.59. The highest BCUT2D eigenvalue weighted by Crippen LogP contribution is 2.30. The molecule has 6 heteroatoms. The Labute approximate surface area is 122 Å². The van der Waals surface area contributed by atoms with Crippen LogP contribution in [0.4, 0.5) is 5.69 Å². The number of nitrogen functional groups attached to an aromatic ring is 1. The SMILES string of the molecule is COc1ccc(-c2nc(CSC(C)(C)C)no2)c(N)c1. The zero-order valence-corrected chi connectivity index (χ0v) is 13.0. The number of nitrogens with two attached hydrogens (primary N) is 1. The van der Waals surface area contributed by atoms with Gasteiger partial charge in [-0.3, -0.25) is 0 Å². The molecule has 2 aromatic rings. The zero-order chi connectivity index (χ0) is 14.8. The number of aromatic nitrogens is 2. The number of methoxy groups -OCH3 is 1. The molecule has 108 valence electrons. The molecule has 1 heterocycles. The number of benzene rings is 1. The maximum absolute atomic E-state index is 5.97. The van der Waals surface area contributed by atoms with Crippen LogP contribution in [0.5, 0.6) is 5.75 Å². The minimum Gasteiger partial charge on any atom is -0.497 e. The zero-order valence-electron chi connectivity index (χ0n) is 12.1. The lowest BCUT2D eigenvalue weighted by atomic mass is 10.1. The molecule has 0 fully saturated rings. The molecule has 0 atom stereocenters. The van der Waals surface area contributed by atoms with Gasteiger partial charge in [-0.05, 0) is 12.1 Å². The molecule has 0 aliphatic heterocycles. The quantitative estimate of drug-likeness (QED) is 0.871. The van der Waals surface area contributed by atoms with Crippen molar-refractivity contribution in [2.24, 2.45) is 0 Å². The Morgan fingerprint density at radius 1 is 1.35 bits per heavy atom. The van der Waals surface area contributed by atoms with Crippen LogP contribution in [0, 0.1) is 0 Å². The Kier molecular flexibility index (Phi) is 4.23. The topological polar surface area (TPSA) is 74.2 Å². The van der Waals surface area contributed by atoms with E-state index in [4.69, 9.17) is 15.0 Å². The van der Waals surface area contributed by atoms with Crippen LogP contribution in [0.1, 0.15) is 26.6 Å². The number of anilines is 1. The van der Waals surface area contributed by atoms with E-state index in [1.165, 1.54) is 0 Å². The summed E-state index contributed by atoms with van der Waals surface area (Å²) >= 11 is 1.77. The molecule has 0 bridgehead atoms. The molecule has 0 saturated heterocycles. The van der Waals surface area contributed by atoms with E-state index in [1.54, 1.807) is 24.9 Å². The first-order valence-electron chi connectivity index (χ1n) is 6.29. The van der Waals surface area contributed by atoms with Crippen LogP contribution in [0.3, 0.4) is 0 Å². The van der Waals surface area contributed by atoms with E-state index in [-0.39, 0.29) is 4.75 Å². The van der Waals surface area contributed by atoms with Crippen molar-refractivity contribution >= 4 is 17.4 Å². The van der Waals surface area contributed by atoms with Gasteiger partial charge < -0.3 is 15.0 Å². The Balaban J connectivity index is 2.16. The van der Waals surface area contributed by atoms with Gasteiger partial charge >= 0.3 is 0 Å². The molecule has 20 heavy (non-hydrogen) atoms. The highest BCUT2D eigenvalue weighted by Gasteiger charge is 2.16. The smallest absolute Gasteiger partial charge is 0.260 e. The van der Waals surface area contributed by atoms with E-state index in [2.05, 4.69) is 30.9 Å². The summed E-state index contributed by atoms with van der Waals surface area (Å²) in [5.41, 5.74) is 7.25. The van der Waals surface area contributed by atoms with Crippen LogP contribution in [0.25, 0.3) is 11.5 Å². The van der Waals surface area contributed by atoms with Gasteiger partial charge in [0.2, 0.25) is 0 Å². The monoisotopic (exact) mass is 293 g/mol. The number of hydrogen-bond acceptors (Lipinski definition) is 6. The van der Waals surface area contributed by atoms with Crippen molar-refractivity contribution in [1.82, 2.24) is 10.1 Å². The van der Waals surface area contributed by atoms with Gasteiger partial charge in [0.1, 0.15) is 5.75 Å². The molecule has 0 aliphatic carbocycles. The van der Waals surface area contributed by atoms with Gasteiger partial charge in [-0.25, -0.2) is 0 Å². The van der Waals surface area contributed by atoms with Crippen molar-refractivity contribution < 1.29 is 9.26 Å². The lowest BCUT2D eigenvalue weighted by molar-refractivity contribution is 0.414. The molecule has 0 amide bonds. The predicted octanol–water partition coefficient (Wildman–Crippen LogP) is 3.36. The lowest BCUT2D eigenvalue weighted by Gasteiger charge is -2.15. The van der Waals surface area contributed by atoms with Gasteiger partial charge in [0.25, 0.3) is 5.89 Å². The molecule has 2 rings (SSSR count). The number of rotatable bonds is 4. The molecular formula is C14H19N3O2S. The lowest BCUT2D eigenvalue weighted by Crippen LogP contribution is -2.07. The number of ether oxygens (including phenoxy) is 1. The summed E-state index contributed by atoms with van der Waals surface area (Å²) in [6.45, 7) is 6.46. The Bertz CT molecular complexity index is 590. The van der Waals surface area contributed by atoms with E-state index < -0.39 is 0 Å². The van der Waals surface area contributed by atoms with Crippen molar-refractivity contribution in [1.29, 1.82) is 0 Å².